The highest BCUT2D eigenvalue weighted by Crippen LogP contribution is 2.29. The molecule has 3 heterocycles. The second-order valence-corrected chi connectivity index (χ2v) is 5.83. The zero-order valence-electron chi connectivity index (χ0n) is 14.7. The predicted octanol–water partition coefficient (Wildman–Crippen LogP) is 3.48. The van der Waals surface area contributed by atoms with E-state index in [1.54, 1.807) is 18.3 Å². The minimum atomic E-state index is -4.76. The number of nitrogens with zero attached hydrogens (tertiary/aromatic N) is 3. The molecular formula is C18H14F4N6O. The van der Waals surface area contributed by atoms with Gasteiger partial charge in [0.25, 0.3) is 5.91 Å². The molecule has 0 bridgehead atoms. The van der Waals surface area contributed by atoms with Crippen molar-refractivity contribution in [2.75, 3.05) is 16.4 Å². The summed E-state index contributed by atoms with van der Waals surface area (Å²) < 4.78 is 51.6. The van der Waals surface area contributed by atoms with E-state index in [9.17, 15) is 22.4 Å². The number of anilines is 3. The van der Waals surface area contributed by atoms with Crippen LogP contribution in [-0.4, -0.2) is 20.9 Å². The number of alkyl halides is 3. The molecule has 3 aromatic heterocycles. The first-order valence-corrected chi connectivity index (χ1v) is 8.17. The molecule has 0 fully saturated rings. The SMILES string of the molecule is Nc1ncccc1NCc1cc(NC(=O)c2ncc(C(F)(F)F)cc2F)ccn1. The van der Waals surface area contributed by atoms with Crippen LogP contribution in [0.1, 0.15) is 21.7 Å². The van der Waals surface area contributed by atoms with E-state index >= 15 is 0 Å². The lowest BCUT2D eigenvalue weighted by Gasteiger charge is -2.10. The molecule has 150 valence electrons. The molecule has 0 saturated carbocycles. The van der Waals surface area contributed by atoms with Crippen LogP contribution in [0.5, 0.6) is 0 Å². The highest BCUT2D eigenvalue weighted by Gasteiger charge is 2.32. The third-order valence-corrected chi connectivity index (χ3v) is 3.76. The Bertz CT molecular complexity index is 1040. The van der Waals surface area contributed by atoms with E-state index < -0.39 is 29.2 Å². The Labute approximate surface area is 162 Å². The van der Waals surface area contributed by atoms with Gasteiger partial charge in [-0.15, -0.1) is 0 Å². The molecule has 0 spiro atoms. The number of pyridine rings is 3. The van der Waals surface area contributed by atoms with Crippen molar-refractivity contribution in [3.8, 4) is 0 Å². The number of carbonyl (C=O) groups excluding carboxylic acids is 1. The van der Waals surface area contributed by atoms with Gasteiger partial charge in [-0.2, -0.15) is 13.2 Å². The highest BCUT2D eigenvalue weighted by molar-refractivity contribution is 6.03. The van der Waals surface area contributed by atoms with Crippen LogP contribution in [-0.2, 0) is 12.7 Å². The van der Waals surface area contributed by atoms with Gasteiger partial charge in [-0.1, -0.05) is 0 Å². The molecule has 0 aliphatic carbocycles. The number of carbonyl (C=O) groups is 1. The van der Waals surface area contributed by atoms with Gasteiger partial charge in [0.05, 0.1) is 23.5 Å². The fourth-order valence-electron chi connectivity index (χ4n) is 2.36. The smallest absolute Gasteiger partial charge is 0.382 e. The van der Waals surface area contributed by atoms with E-state index in [4.69, 9.17) is 5.73 Å². The number of hydrogen-bond donors (Lipinski definition) is 3. The summed E-state index contributed by atoms with van der Waals surface area (Å²) in [6.07, 6.45) is -1.40. The summed E-state index contributed by atoms with van der Waals surface area (Å²) in [5, 5.41) is 5.41. The highest BCUT2D eigenvalue weighted by atomic mass is 19.4. The maximum atomic E-state index is 13.9. The zero-order chi connectivity index (χ0) is 21.0. The van der Waals surface area contributed by atoms with Gasteiger partial charge in [0.1, 0.15) is 5.82 Å². The molecule has 0 unspecified atom stereocenters. The van der Waals surface area contributed by atoms with Crippen LogP contribution in [0, 0.1) is 5.82 Å². The molecule has 3 rings (SSSR count). The van der Waals surface area contributed by atoms with Crippen molar-refractivity contribution in [3.63, 3.8) is 0 Å². The second kappa shape index (κ2) is 8.09. The molecule has 4 N–H and O–H groups in total. The fourth-order valence-corrected chi connectivity index (χ4v) is 2.36. The summed E-state index contributed by atoms with van der Waals surface area (Å²) in [5.41, 5.74) is 5.08. The molecule has 0 saturated heterocycles. The van der Waals surface area contributed by atoms with Crippen LogP contribution in [0.3, 0.4) is 0 Å². The van der Waals surface area contributed by atoms with Gasteiger partial charge >= 0.3 is 6.18 Å². The Hall–Kier alpha value is -3.76. The summed E-state index contributed by atoms with van der Waals surface area (Å²) in [6.45, 7) is 0.256. The molecule has 0 atom stereocenters. The minimum absolute atomic E-state index is 0.224. The molecular weight excluding hydrogens is 392 g/mol. The average molecular weight is 406 g/mol. The average Bonchev–Trinajstić information content (AvgIpc) is 2.67. The Morgan fingerprint density at radius 1 is 1.10 bits per heavy atom. The maximum absolute atomic E-state index is 13.9. The summed E-state index contributed by atoms with van der Waals surface area (Å²) in [5.74, 6) is -2.06. The van der Waals surface area contributed by atoms with Gasteiger partial charge in [-0.3, -0.25) is 9.78 Å². The number of nitrogens with two attached hydrogens (primary N) is 1. The number of aromatic nitrogens is 3. The monoisotopic (exact) mass is 406 g/mol. The number of nitrogens with one attached hydrogen (secondary N) is 2. The third-order valence-electron chi connectivity index (χ3n) is 3.76. The van der Waals surface area contributed by atoms with Crippen LogP contribution in [0.25, 0.3) is 0 Å². The minimum Gasteiger partial charge on any atom is -0.382 e. The lowest BCUT2D eigenvalue weighted by molar-refractivity contribution is -0.138. The molecule has 0 aliphatic heterocycles. The summed E-state index contributed by atoms with van der Waals surface area (Å²) >= 11 is 0. The van der Waals surface area contributed by atoms with Gasteiger partial charge in [0.15, 0.2) is 11.5 Å². The molecule has 11 heteroatoms. The number of amides is 1. The fraction of sp³-hybridized carbons (Fsp3) is 0.111. The molecule has 0 radical (unpaired) electrons. The van der Waals surface area contributed by atoms with Crippen molar-refractivity contribution < 1.29 is 22.4 Å². The lowest BCUT2D eigenvalue weighted by Crippen LogP contribution is -2.17. The van der Waals surface area contributed by atoms with Crippen molar-refractivity contribution in [1.82, 2.24) is 15.0 Å². The van der Waals surface area contributed by atoms with E-state index in [1.807, 2.05) is 0 Å². The molecule has 7 nitrogen and oxygen atoms in total. The van der Waals surface area contributed by atoms with Gasteiger partial charge in [0, 0.05) is 24.3 Å². The Morgan fingerprint density at radius 3 is 2.59 bits per heavy atom. The first-order valence-electron chi connectivity index (χ1n) is 8.17. The maximum Gasteiger partial charge on any atom is 0.417 e. The number of nitrogen functional groups attached to an aromatic ring is 1. The van der Waals surface area contributed by atoms with E-state index in [2.05, 4.69) is 25.6 Å². The summed E-state index contributed by atoms with van der Waals surface area (Å²) in [7, 11) is 0. The van der Waals surface area contributed by atoms with Crippen molar-refractivity contribution in [1.29, 1.82) is 0 Å². The Kier molecular flexibility index (Phi) is 5.57. The molecule has 0 aliphatic rings. The number of rotatable bonds is 5. The second-order valence-electron chi connectivity index (χ2n) is 5.83. The van der Waals surface area contributed by atoms with Gasteiger partial charge in [-0.25, -0.2) is 14.4 Å². The summed E-state index contributed by atoms with van der Waals surface area (Å²) in [4.78, 5) is 23.5. The predicted molar refractivity (Wildman–Crippen MR) is 97.4 cm³/mol. The van der Waals surface area contributed by atoms with Crippen LogP contribution >= 0.6 is 0 Å². The Morgan fingerprint density at radius 2 is 1.90 bits per heavy atom. The zero-order valence-corrected chi connectivity index (χ0v) is 14.7. The van der Waals surface area contributed by atoms with E-state index in [-0.39, 0.29) is 18.3 Å². The standard InChI is InChI=1S/C18H14F4N6O/c19-13-6-10(18(20,21)22)8-27-15(13)17(29)28-11-3-5-24-12(7-11)9-26-14-2-1-4-25-16(14)23/h1-8,26H,9H2,(H2,23,25)(H,24,28,29). The Balaban J connectivity index is 1.70. The molecule has 0 aromatic carbocycles. The lowest BCUT2D eigenvalue weighted by atomic mass is 10.2. The van der Waals surface area contributed by atoms with Crippen LogP contribution in [0.15, 0.2) is 48.9 Å². The number of hydrogen-bond acceptors (Lipinski definition) is 6. The number of halogens is 4. The molecule has 1 amide bonds. The third kappa shape index (κ3) is 4.94. The molecule has 29 heavy (non-hydrogen) atoms. The topological polar surface area (TPSA) is 106 Å². The largest absolute Gasteiger partial charge is 0.417 e. The van der Waals surface area contributed by atoms with Crippen LogP contribution in [0.4, 0.5) is 34.8 Å². The normalized spacial score (nSPS) is 11.2. The van der Waals surface area contributed by atoms with E-state index in [0.717, 1.165) is 0 Å². The van der Waals surface area contributed by atoms with Gasteiger partial charge in [-0.05, 0) is 30.3 Å². The summed E-state index contributed by atoms with van der Waals surface area (Å²) in [6, 6.07) is 6.62. The van der Waals surface area contributed by atoms with Crippen LogP contribution < -0.4 is 16.4 Å². The quantitative estimate of drug-likeness (QED) is 0.561. The van der Waals surface area contributed by atoms with Crippen molar-refractivity contribution in [2.24, 2.45) is 0 Å². The van der Waals surface area contributed by atoms with Gasteiger partial charge in [0.2, 0.25) is 0 Å². The van der Waals surface area contributed by atoms with E-state index in [0.29, 0.717) is 23.4 Å². The first kappa shape index (κ1) is 20.0. The molecule has 3 aromatic rings. The van der Waals surface area contributed by atoms with Crippen molar-refractivity contribution in [2.45, 2.75) is 12.7 Å². The van der Waals surface area contributed by atoms with Crippen molar-refractivity contribution >= 4 is 23.1 Å². The van der Waals surface area contributed by atoms with Crippen LogP contribution in [0.2, 0.25) is 0 Å². The van der Waals surface area contributed by atoms with Gasteiger partial charge < -0.3 is 16.4 Å². The first-order chi connectivity index (χ1) is 13.7. The van der Waals surface area contributed by atoms with E-state index in [1.165, 1.54) is 18.3 Å². The van der Waals surface area contributed by atoms with Crippen molar-refractivity contribution in [3.05, 3.63) is 71.7 Å².